The normalized spacial score (nSPS) is 20.2. The van der Waals surface area contributed by atoms with Crippen molar-refractivity contribution in [2.75, 3.05) is 18.9 Å². The van der Waals surface area contributed by atoms with E-state index in [1.807, 2.05) is 6.92 Å². The van der Waals surface area contributed by atoms with Crippen molar-refractivity contribution in [2.45, 2.75) is 96.8 Å². The molecular formula is C28H42Cl2NO6P. The average Bonchev–Trinajstić information content (AvgIpc) is 2.88. The number of hydrogen-bond donors (Lipinski definition) is 1. The van der Waals surface area contributed by atoms with Crippen LogP contribution in [0.25, 0.3) is 0 Å². The third-order valence-electron chi connectivity index (χ3n) is 7.79. The summed E-state index contributed by atoms with van der Waals surface area (Å²) in [5, 5.41) is 0.773. The fourth-order valence-electron chi connectivity index (χ4n) is 5.58. The largest absolute Gasteiger partial charge is 0.425 e. The average molecular weight is 591 g/mol. The van der Waals surface area contributed by atoms with Gasteiger partial charge < -0.3 is 19.3 Å². The van der Waals surface area contributed by atoms with E-state index in [0.29, 0.717) is 28.5 Å². The Balaban J connectivity index is 1.63. The van der Waals surface area contributed by atoms with Gasteiger partial charge in [0.1, 0.15) is 0 Å². The Morgan fingerprint density at radius 1 is 1.00 bits per heavy atom. The third-order valence-corrected chi connectivity index (χ3v) is 10.6. The third kappa shape index (κ3) is 9.73. The number of carbonyl (C=O) groups is 2. The minimum absolute atomic E-state index is 0.133. The molecule has 2 saturated carbocycles. The van der Waals surface area contributed by atoms with E-state index in [4.69, 9.17) is 32.7 Å². The summed E-state index contributed by atoms with van der Waals surface area (Å²) < 4.78 is 23.9. The fraction of sp³-hybridized carbons (Fsp3) is 0.714. The van der Waals surface area contributed by atoms with Crippen LogP contribution in [0.3, 0.4) is 0 Å². The van der Waals surface area contributed by atoms with Crippen LogP contribution in [0.2, 0.25) is 10.0 Å². The van der Waals surface area contributed by atoms with Gasteiger partial charge in [-0.2, -0.15) is 0 Å². The van der Waals surface area contributed by atoms with Gasteiger partial charge in [0.2, 0.25) is 13.7 Å². The van der Waals surface area contributed by atoms with Gasteiger partial charge in [-0.3, -0.25) is 9.36 Å². The van der Waals surface area contributed by atoms with Crippen molar-refractivity contribution < 1.29 is 28.5 Å². The first-order chi connectivity index (χ1) is 18.1. The van der Waals surface area contributed by atoms with Crippen LogP contribution in [0.1, 0.15) is 96.1 Å². The van der Waals surface area contributed by atoms with Gasteiger partial charge in [-0.25, -0.2) is 4.79 Å². The van der Waals surface area contributed by atoms with Crippen molar-refractivity contribution in [3.8, 4) is 0 Å². The molecule has 0 heterocycles. The summed E-state index contributed by atoms with van der Waals surface area (Å²) in [6.07, 6.45) is 9.28. The van der Waals surface area contributed by atoms with Crippen LogP contribution in [0.15, 0.2) is 18.2 Å². The molecule has 214 valence electrons. The molecule has 38 heavy (non-hydrogen) atoms. The van der Waals surface area contributed by atoms with Crippen molar-refractivity contribution in [1.29, 1.82) is 0 Å². The van der Waals surface area contributed by atoms with Gasteiger partial charge in [0.25, 0.3) is 0 Å². The van der Waals surface area contributed by atoms with Crippen molar-refractivity contribution in [3.05, 3.63) is 33.8 Å². The molecule has 0 aliphatic heterocycles. The van der Waals surface area contributed by atoms with Gasteiger partial charge >= 0.3 is 12.1 Å². The van der Waals surface area contributed by atoms with Crippen LogP contribution in [0, 0.1) is 11.8 Å². The smallest absolute Gasteiger partial charge is 0.413 e. The van der Waals surface area contributed by atoms with E-state index in [9.17, 15) is 19.0 Å². The van der Waals surface area contributed by atoms with E-state index in [0.717, 1.165) is 63.4 Å². The lowest BCUT2D eigenvalue weighted by Gasteiger charge is -2.31. The summed E-state index contributed by atoms with van der Waals surface area (Å²) in [5.41, 5.74) is 0.748. The zero-order valence-electron chi connectivity index (χ0n) is 22.6. The maximum atomic E-state index is 13.3. The molecule has 2 aliphatic rings. The SMILES string of the molecule is CC(OC(=O)C1CCCCC1)OC(=O)N(CCCP(=O)(O)CC1CCCCC1)[C@H](C)c1ccc(Cl)c(Cl)c1. The monoisotopic (exact) mass is 589 g/mol. The lowest BCUT2D eigenvalue weighted by Crippen LogP contribution is -2.38. The molecular weight excluding hydrogens is 548 g/mol. The molecule has 2 unspecified atom stereocenters. The highest BCUT2D eigenvalue weighted by Gasteiger charge is 2.30. The minimum Gasteiger partial charge on any atom is -0.425 e. The Morgan fingerprint density at radius 2 is 1.63 bits per heavy atom. The van der Waals surface area contributed by atoms with E-state index in [2.05, 4.69) is 0 Å². The second-order valence-corrected chi connectivity index (χ2v) is 14.2. The summed E-state index contributed by atoms with van der Waals surface area (Å²) >= 11 is 12.3. The number of ether oxygens (including phenoxy) is 2. The Kier molecular flexibility index (Phi) is 12.3. The lowest BCUT2D eigenvalue weighted by molar-refractivity contribution is -0.172. The standard InChI is InChI=1S/C28H42Cl2NO6P/c1-20(24-14-15-25(29)26(30)18-24)31(16-9-17-38(34,35)19-22-10-5-3-6-11-22)28(33)37-21(2)36-27(32)23-12-7-4-8-13-23/h14-15,18,20-23H,3-13,16-17,19H2,1-2H3,(H,34,35)/t20-,21?/m1/s1. The van der Waals surface area contributed by atoms with E-state index in [-0.39, 0.29) is 24.6 Å². The van der Waals surface area contributed by atoms with E-state index in [1.165, 1.54) is 18.2 Å². The molecule has 3 rings (SSSR count). The molecule has 2 fully saturated rings. The predicted molar refractivity (Wildman–Crippen MR) is 151 cm³/mol. The molecule has 1 amide bonds. The van der Waals surface area contributed by atoms with Crippen molar-refractivity contribution >= 4 is 42.6 Å². The number of rotatable bonds is 11. The quantitative estimate of drug-likeness (QED) is 0.159. The van der Waals surface area contributed by atoms with E-state index in [1.54, 1.807) is 18.2 Å². The van der Waals surface area contributed by atoms with Crippen LogP contribution in [0.4, 0.5) is 4.79 Å². The van der Waals surface area contributed by atoms with Crippen LogP contribution in [0.5, 0.6) is 0 Å². The maximum Gasteiger partial charge on any atom is 0.413 e. The summed E-state index contributed by atoms with van der Waals surface area (Å²) in [5.74, 6) is -0.188. The molecule has 10 heteroatoms. The Labute approximate surface area is 237 Å². The molecule has 1 aromatic rings. The number of carbonyl (C=O) groups excluding carboxylic acids is 2. The molecule has 1 N–H and O–H groups in total. The first-order valence-electron chi connectivity index (χ1n) is 14.0. The number of halogens is 2. The van der Waals surface area contributed by atoms with Gasteiger partial charge in [-0.15, -0.1) is 0 Å². The van der Waals surface area contributed by atoms with Crippen LogP contribution < -0.4 is 0 Å². The number of benzene rings is 1. The summed E-state index contributed by atoms with van der Waals surface area (Å²) in [4.78, 5) is 37.9. The topological polar surface area (TPSA) is 93.1 Å². The lowest BCUT2D eigenvalue weighted by atomic mass is 9.89. The Morgan fingerprint density at radius 3 is 2.26 bits per heavy atom. The van der Waals surface area contributed by atoms with Crippen LogP contribution in [-0.4, -0.2) is 47.0 Å². The Hall–Kier alpha value is -1.27. The minimum atomic E-state index is -3.31. The summed E-state index contributed by atoms with van der Waals surface area (Å²) in [6, 6.07) is 4.70. The van der Waals surface area contributed by atoms with Gasteiger partial charge in [0.15, 0.2) is 0 Å². The first-order valence-corrected chi connectivity index (χ1v) is 16.8. The van der Waals surface area contributed by atoms with Crippen molar-refractivity contribution in [3.63, 3.8) is 0 Å². The zero-order valence-corrected chi connectivity index (χ0v) is 25.0. The highest BCUT2D eigenvalue weighted by molar-refractivity contribution is 7.58. The van der Waals surface area contributed by atoms with Gasteiger partial charge in [0.05, 0.1) is 22.0 Å². The highest BCUT2D eigenvalue weighted by Crippen LogP contribution is 2.46. The van der Waals surface area contributed by atoms with Gasteiger partial charge in [0, 0.05) is 25.8 Å². The molecule has 0 aromatic heterocycles. The van der Waals surface area contributed by atoms with Crippen LogP contribution >= 0.6 is 30.6 Å². The Bertz CT molecular complexity index is 980. The summed E-state index contributed by atoms with van der Waals surface area (Å²) in [6.45, 7) is 3.57. The molecule has 2 aliphatic carbocycles. The number of nitrogens with zero attached hydrogens (tertiary/aromatic N) is 1. The number of amides is 1. The van der Waals surface area contributed by atoms with Gasteiger partial charge in [-0.1, -0.05) is 67.8 Å². The number of esters is 1. The van der Waals surface area contributed by atoms with E-state index >= 15 is 0 Å². The number of hydrogen-bond acceptors (Lipinski definition) is 5. The maximum absolute atomic E-state index is 13.3. The molecule has 0 spiro atoms. The van der Waals surface area contributed by atoms with Crippen LogP contribution in [-0.2, 0) is 18.8 Å². The second-order valence-electron chi connectivity index (χ2n) is 10.9. The second kappa shape index (κ2) is 14.9. The molecule has 0 saturated heterocycles. The molecule has 0 bridgehead atoms. The predicted octanol–water partition coefficient (Wildman–Crippen LogP) is 8.20. The first kappa shape index (κ1) is 31.3. The van der Waals surface area contributed by atoms with Crippen molar-refractivity contribution in [2.24, 2.45) is 11.8 Å². The molecule has 1 aromatic carbocycles. The zero-order chi connectivity index (χ0) is 27.7. The molecule has 0 radical (unpaired) electrons. The molecule has 7 nitrogen and oxygen atoms in total. The molecule has 3 atom stereocenters. The summed E-state index contributed by atoms with van der Waals surface area (Å²) in [7, 11) is -3.31. The highest BCUT2D eigenvalue weighted by atomic mass is 35.5. The fourth-order valence-corrected chi connectivity index (χ4v) is 7.88. The van der Waals surface area contributed by atoms with Gasteiger partial charge in [-0.05, 0) is 62.6 Å². The van der Waals surface area contributed by atoms with E-state index < -0.39 is 25.8 Å². The van der Waals surface area contributed by atoms with Crippen molar-refractivity contribution in [1.82, 2.24) is 4.90 Å².